The number of amides is 2. The van der Waals surface area contributed by atoms with Crippen molar-refractivity contribution in [2.45, 2.75) is 59.3 Å². The van der Waals surface area contributed by atoms with E-state index in [0.717, 1.165) is 31.4 Å². The third-order valence-electron chi connectivity index (χ3n) is 5.53. The predicted octanol–water partition coefficient (Wildman–Crippen LogP) is 3.54. The minimum atomic E-state index is -0.339. The number of hydrogen-bond acceptors (Lipinski definition) is 3. The summed E-state index contributed by atoms with van der Waals surface area (Å²) >= 11 is 0. The fourth-order valence-corrected chi connectivity index (χ4v) is 3.43. The number of nitrogens with zero attached hydrogens (tertiary/aromatic N) is 2. The molecule has 30 heavy (non-hydrogen) atoms. The number of carbonyl (C=O) groups is 2. The Morgan fingerprint density at radius 1 is 1.07 bits per heavy atom. The summed E-state index contributed by atoms with van der Waals surface area (Å²) in [4.78, 5) is 37.3. The smallest absolute Gasteiger partial charge is 0.295 e. The highest BCUT2D eigenvalue weighted by Crippen LogP contribution is 2.14. The molecule has 0 bridgehead atoms. The molecule has 0 spiro atoms. The van der Waals surface area contributed by atoms with Crippen LogP contribution in [-0.4, -0.2) is 27.7 Å². The number of para-hydroxylation sites is 1. The van der Waals surface area contributed by atoms with E-state index in [9.17, 15) is 14.4 Å². The number of unbranched alkanes of at least 4 members (excludes halogenated alkanes) is 1. The van der Waals surface area contributed by atoms with Crippen LogP contribution in [0.1, 0.15) is 58.1 Å². The lowest BCUT2D eigenvalue weighted by molar-refractivity contribution is -0.124. The molecule has 1 heterocycles. The number of rotatable bonds is 11. The maximum atomic E-state index is 12.8. The molecular weight excluding hydrogens is 380 g/mol. The van der Waals surface area contributed by atoms with Crippen LogP contribution in [-0.2, 0) is 16.6 Å². The van der Waals surface area contributed by atoms with Crippen molar-refractivity contribution in [3.63, 3.8) is 0 Å². The van der Waals surface area contributed by atoms with Crippen molar-refractivity contribution in [3.05, 3.63) is 46.4 Å². The van der Waals surface area contributed by atoms with E-state index in [4.69, 9.17) is 0 Å². The van der Waals surface area contributed by atoms with Crippen LogP contribution >= 0.6 is 0 Å². The fourth-order valence-electron chi connectivity index (χ4n) is 3.43. The van der Waals surface area contributed by atoms with Gasteiger partial charge in [-0.05, 0) is 31.4 Å². The molecule has 2 amide bonds. The molecule has 0 unspecified atom stereocenters. The van der Waals surface area contributed by atoms with Gasteiger partial charge in [-0.3, -0.25) is 19.1 Å². The summed E-state index contributed by atoms with van der Waals surface area (Å²) in [5.41, 5.74) is 1.34. The zero-order chi connectivity index (χ0) is 22.1. The van der Waals surface area contributed by atoms with E-state index >= 15 is 0 Å². The molecule has 0 aliphatic carbocycles. The molecule has 1 atom stereocenters. The van der Waals surface area contributed by atoms with Gasteiger partial charge in [0.05, 0.1) is 11.4 Å². The average molecular weight is 415 g/mol. The standard InChI is InChI=1S/C23H34N4O3/c1-5-7-11-18(6-2)16-24-20(28)14-15-21(29)25-22-17(3)26(4)27(23(22)30)19-12-9-8-10-13-19/h8-10,12-13,18H,5-7,11,14-16H2,1-4H3,(H,24,28)(H,25,29)/t18-/m1/s1. The van der Waals surface area contributed by atoms with Crippen LogP contribution < -0.4 is 16.2 Å². The Balaban J connectivity index is 1.93. The van der Waals surface area contributed by atoms with Crippen LogP contribution in [0.3, 0.4) is 0 Å². The van der Waals surface area contributed by atoms with Crippen molar-refractivity contribution in [2.75, 3.05) is 11.9 Å². The summed E-state index contributed by atoms with van der Waals surface area (Å²) < 4.78 is 3.22. The van der Waals surface area contributed by atoms with Crippen LogP contribution in [0.25, 0.3) is 5.69 Å². The lowest BCUT2D eigenvalue weighted by atomic mass is 9.99. The minimum Gasteiger partial charge on any atom is -0.356 e. The van der Waals surface area contributed by atoms with Crippen LogP contribution in [0.15, 0.2) is 35.1 Å². The van der Waals surface area contributed by atoms with Crippen molar-refractivity contribution < 1.29 is 9.59 Å². The monoisotopic (exact) mass is 414 g/mol. The van der Waals surface area contributed by atoms with Crippen LogP contribution in [0, 0.1) is 12.8 Å². The van der Waals surface area contributed by atoms with Crippen molar-refractivity contribution in [1.82, 2.24) is 14.7 Å². The fraction of sp³-hybridized carbons (Fsp3) is 0.522. The lowest BCUT2D eigenvalue weighted by Gasteiger charge is -2.15. The number of aromatic nitrogens is 2. The number of anilines is 1. The second kappa shape index (κ2) is 11.4. The maximum absolute atomic E-state index is 12.8. The molecule has 0 saturated carbocycles. The molecule has 0 fully saturated rings. The highest BCUT2D eigenvalue weighted by Gasteiger charge is 2.18. The molecule has 2 N–H and O–H groups in total. The molecule has 0 aliphatic heterocycles. The van der Waals surface area contributed by atoms with Crippen molar-refractivity contribution in [3.8, 4) is 5.69 Å². The molecule has 7 nitrogen and oxygen atoms in total. The van der Waals surface area contributed by atoms with Crippen LogP contribution in [0.2, 0.25) is 0 Å². The van der Waals surface area contributed by atoms with Gasteiger partial charge in [-0.2, -0.15) is 0 Å². The maximum Gasteiger partial charge on any atom is 0.295 e. The van der Waals surface area contributed by atoms with Gasteiger partial charge in [0.25, 0.3) is 5.56 Å². The predicted molar refractivity (Wildman–Crippen MR) is 120 cm³/mol. The lowest BCUT2D eigenvalue weighted by Crippen LogP contribution is -2.30. The average Bonchev–Trinajstić information content (AvgIpc) is 2.96. The van der Waals surface area contributed by atoms with Crippen molar-refractivity contribution in [2.24, 2.45) is 13.0 Å². The Morgan fingerprint density at radius 3 is 2.37 bits per heavy atom. The summed E-state index contributed by atoms with van der Waals surface area (Å²) in [5.74, 6) is 0.00640. The number of carbonyl (C=O) groups excluding carboxylic acids is 2. The van der Waals surface area contributed by atoms with Crippen molar-refractivity contribution in [1.29, 1.82) is 0 Å². The first kappa shape index (κ1) is 23.4. The van der Waals surface area contributed by atoms with E-state index < -0.39 is 0 Å². The summed E-state index contributed by atoms with van der Waals surface area (Å²) in [6, 6.07) is 9.25. The van der Waals surface area contributed by atoms with Crippen molar-refractivity contribution >= 4 is 17.5 Å². The Bertz CT molecular complexity index is 899. The van der Waals surface area contributed by atoms with Gasteiger partial charge in [0.15, 0.2) is 0 Å². The number of hydrogen-bond donors (Lipinski definition) is 2. The summed E-state index contributed by atoms with van der Waals surface area (Å²) in [6.45, 7) is 6.72. The molecule has 1 aromatic heterocycles. The molecule has 0 radical (unpaired) electrons. The van der Waals surface area contributed by atoms with Gasteiger partial charge in [-0.15, -0.1) is 0 Å². The van der Waals surface area contributed by atoms with Crippen LogP contribution in [0.5, 0.6) is 0 Å². The molecule has 164 valence electrons. The Labute approximate surface area is 178 Å². The molecular formula is C23H34N4O3. The van der Waals surface area contributed by atoms with E-state index in [1.165, 1.54) is 4.68 Å². The highest BCUT2D eigenvalue weighted by molar-refractivity contribution is 5.93. The van der Waals surface area contributed by atoms with Gasteiger partial charge in [0.2, 0.25) is 11.8 Å². The zero-order valence-electron chi connectivity index (χ0n) is 18.5. The van der Waals surface area contributed by atoms with E-state index in [0.29, 0.717) is 18.2 Å². The molecule has 0 aliphatic rings. The third kappa shape index (κ3) is 6.08. The van der Waals surface area contributed by atoms with Crippen LogP contribution in [0.4, 0.5) is 5.69 Å². The Hall–Kier alpha value is -2.83. The third-order valence-corrected chi connectivity index (χ3v) is 5.53. The Morgan fingerprint density at radius 2 is 1.73 bits per heavy atom. The van der Waals surface area contributed by atoms with Gasteiger partial charge < -0.3 is 10.6 Å². The summed E-state index contributed by atoms with van der Waals surface area (Å²) in [6.07, 6.45) is 4.59. The van der Waals surface area contributed by atoms with E-state index in [1.54, 1.807) is 18.7 Å². The first-order valence-electron chi connectivity index (χ1n) is 10.8. The topological polar surface area (TPSA) is 85.1 Å². The zero-order valence-corrected chi connectivity index (χ0v) is 18.5. The minimum absolute atomic E-state index is 0.0384. The van der Waals surface area contributed by atoms with Gasteiger partial charge in [0.1, 0.15) is 5.69 Å². The van der Waals surface area contributed by atoms with E-state index in [-0.39, 0.29) is 35.9 Å². The summed E-state index contributed by atoms with van der Waals surface area (Å²) in [7, 11) is 1.77. The second-order valence-corrected chi connectivity index (χ2v) is 7.71. The molecule has 7 heteroatoms. The van der Waals surface area contributed by atoms with Gasteiger partial charge >= 0.3 is 0 Å². The van der Waals surface area contributed by atoms with E-state index in [2.05, 4.69) is 24.5 Å². The largest absolute Gasteiger partial charge is 0.356 e. The highest BCUT2D eigenvalue weighted by atomic mass is 16.2. The first-order valence-corrected chi connectivity index (χ1v) is 10.8. The molecule has 2 aromatic rings. The molecule has 0 saturated heterocycles. The quantitative estimate of drug-likeness (QED) is 0.590. The number of nitrogens with one attached hydrogen (secondary N) is 2. The van der Waals surface area contributed by atoms with Gasteiger partial charge in [-0.25, -0.2) is 4.68 Å². The first-order chi connectivity index (χ1) is 14.4. The normalized spacial score (nSPS) is 11.9. The van der Waals surface area contributed by atoms with Gasteiger partial charge in [0, 0.05) is 26.4 Å². The SMILES string of the molecule is CCCC[C@@H](CC)CNC(=O)CCC(=O)Nc1c(C)n(C)n(-c2ccccc2)c1=O. The molecule has 2 rings (SSSR count). The summed E-state index contributed by atoms with van der Waals surface area (Å²) in [5, 5.41) is 5.63. The second-order valence-electron chi connectivity index (χ2n) is 7.71. The Kier molecular flexibility index (Phi) is 8.89. The van der Waals surface area contributed by atoms with Gasteiger partial charge in [-0.1, -0.05) is 51.3 Å². The van der Waals surface area contributed by atoms with E-state index in [1.807, 2.05) is 30.3 Å². The molecule has 1 aromatic carbocycles. The number of benzene rings is 1.